The molecule has 1 aliphatic heterocycles. The molecule has 0 aliphatic carbocycles. The van der Waals surface area contributed by atoms with Gasteiger partial charge in [0.2, 0.25) is 5.78 Å². The van der Waals surface area contributed by atoms with Crippen molar-refractivity contribution in [3.63, 3.8) is 0 Å². The Labute approximate surface area is 177 Å². The van der Waals surface area contributed by atoms with Gasteiger partial charge in [-0.1, -0.05) is 12.1 Å². The van der Waals surface area contributed by atoms with Crippen molar-refractivity contribution in [2.24, 2.45) is 0 Å². The minimum atomic E-state index is -0.924. The van der Waals surface area contributed by atoms with Crippen molar-refractivity contribution < 1.29 is 19.6 Å². The number of benzene rings is 1. The number of aryl methyl sites for hydroxylation is 2. The fraction of sp³-hybridized carbons (Fsp3) is 0.350. The topological polar surface area (TPSA) is 117 Å². The van der Waals surface area contributed by atoms with E-state index in [1.807, 2.05) is 19.0 Å². The number of amides is 1. The van der Waals surface area contributed by atoms with Crippen LogP contribution in [0.3, 0.4) is 0 Å². The van der Waals surface area contributed by atoms with E-state index in [2.05, 4.69) is 4.98 Å². The van der Waals surface area contributed by atoms with Gasteiger partial charge in [-0.15, -0.1) is 11.3 Å². The molecule has 1 amide bonds. The molecule has 3 rings (SSSR count). The monoisotopic (exact) mass is 430 g/mol. The second-order valence-electron chi connectivity index (χ2n) is 7.30. The van der Waals surface area contributed by atoms with Gasteiger partial charge in [-0.2, -0.15) is 0 Å². The Bertz CT molecular complexity index is 1060. The van der Waals surface area contributed by atoms with E-state index in [-0.39, 0.29) is 17.8 Å². The van der Waals surface area contributed by atoms with Gasteiger partial charge in [0.1, 0.15) is 0 Å². The highest BCUT2D eigenvalue weighted by atomic mass is 32.1. The van der Waals surface area contributed by atoms with E-state index in [4.69, 9.17) is 0 Å². The van der Waals surface area contributed by atoms with Gasteiger partial charge in [0.25, 0.3) is 11.6 Å². The predicted octanol–water partition coefficient (Wildman–Crippen LogP) is 2.81. The van der Waals surface area contributed by atoms with Crippen molar-refractivity contribution in [2.45, 2.75) is 19.9 Å². The molecule has 0 unspecified atom stereocenters. The smallest absolute Gasteiger partial charge is 0.290 e. The summed E-state index contributed by atoms with van der Waals surface area (Å²) in [5.74, 6) is -1.79. The van der Waals surface area contributed by atoms with Gasteiger partial charge >= 0.3 is 0 Å². The predicted molar refractivity (Wildman–Crippen MR) is 112 cm³/mol. The van der Waals surface area contributed by atoms with Crippen molar-refractivity contribution in [3.05, 3.63) is 66.9 Å². The molecule has 2 aromatic rings. The van der Waals surface area contributed by atoms with Crippen LogP contribution in [-0.2, 0) is 4.79 Å². The Morgan fingerprint density at radius 1 is 1.37 bits per heavy atom. The first kappa shape index (κ1) is 21.6. The zero-order valence-corrected chi connectivity index (χ0v) is 17.9. The molecular weight excluding hydrogens is 408 g/mol. The summed E-state index contributed by atoms with van der Waals surface area (Å²) in [6, 6.07) is 4.86. The molecule has 1 aliphatic rings. The molecule has 0 saturated heterocycles. The van der Waals surface area contributed by atoms with Gasteiger partial charge in [-0.05, 0) is 33.5 Å². The first-order chi connectivity index (χ1) is 14.1. The maximum Gasteiger partial charge on any atom is 0.290 e. The number of Topliss-reactive ketones (excluding diaryl/α,β-unsaturated/α-hetero) is 1. The maximum absolute atomic E-state index is 13.4. The van der Waals surface area contributed by atoms with E-state index in [1.165, 1.54) is 34.4 Å². The molecule has 0 saturated carbocycles. The average molecular weight is 430 g/mol. The molecule has 0 fully saturated rings. The first-order valence-corrected chi connectivity index (χ1v) is 10.0. The first-order valence-electron chi connectivity index (χ1n) is 9.23. The Kier molecular flexibility index (Phi) is 5.99. The number of nitro benzene ring substituents is 1. The van der Waals surface area contributed by atoms with E-state index < -0.39 is 28.4 Å². The van der Waals surface area contributed by atoms with Crippen molar-refractivity contribution in [2.75, 3.05) is 27.2 Å². The number of carbonyl (C=O) groups excluding carboxylic acids is 2. The second kappa shape index (κ2) is 8.33. The third-order valence-corrected chi connectivity index (χ3v) is 5.91. The highest BCUT2D eigenvalue weighted by Gasteiger charge is 2.44. The lowest BCUT2D eigenvalue weighted by molar-refractivity contribution is -0.384. The normalized spacial score (nSPS) is 16.6. The SMILES string of the molecule is Cc1nc(C)c(C(=O)C2=C(O)C(=O)N(CCN(C)C)[C@H]2c2cccc([N+](=O)[O-])c2)s1. The number of likely N-dealkylation sites (N-methyl/N-ethyl adjacent to an activating group) is 1. The summed E-state index contributed by atoms with van der Waals surface area (Å²) in [5.41, 5.74) is 0.670. The number of hydrogen-bond acceptors (Lipinski definition) is 8. The molecule has 0 spiro atoms. The molecule has 2 heterocycles. The summed E-state index contributed by atoms with van der Waals surface area (Å²) >= 11 is 1.19. The zero-order chi connectivity index (χ0) is 22.2. The largest absolute Gasteiger partial charge is 0.503 e. The minimum Gasteiger partial charge on any atom is -0.503 e. The molecule has 1 atom stereocenters. The molecular formula is C20H22N4O5S. The molecule has 9 nitrogen and oxygen atoms in total. The number of aliphatic hydroxyl groups is 1. The molecule has 1 N–H and O–H groups in total. The van der Waals surface area contributed by atoms with E-state index in [1.54, 1.807) is 19.9 Å². The van der Waals surface area contributed by atoms with Crippen molar-refractivity contribution in [3.8, 4) is 0 Å². The molecule has 30 heavy (non-hydrogen) atoms. The van der Waals surface area contributed by atoms with Gasteiger partial charge in [0, 0.05) is 25.2 Å². The fourth-order valence-corrected chi connectivity index (χ4v) is 4.32. The van der Waals surface area contributed by atoms with Crippen LogP contribution in [0.5, 0.6) is 0 Å². The number of nitrogens with zero attached hydrogens (tertiary/aromatic N) is 4. The van der Waals surface area contributed by atoms with E-state index in [0.717, 1.165) is 0 Å². The van der Waals surface area contributed by atoms with Crippen LogP contribution in [0.2, 0.25) is 0 Å². The maximum atomic E-state index is 13.4. The standard InChI is InChI=1S/C20H22N4O5S/c1-11-19(30-12(2)21-11)17(25)15-16(13-6-5-7-14(10-13)24(28)29)23(9-8-22(3)4)20(27)18(15)26/h5-7,10,16,26H,8-9H2,1-4H3/t16-/m0/s1. The van der Waals surface area contributed by atoms with Crippen LogP contribution in [0.15, 0.2) is 35.6 Å². The van der Waals surface area contributed by atoms with Crippen LogP contribution >= 0.6 is 11.3 Å². The Morgan fingerprint density at radius 3 is 2.63 bits per heavy atom. The van der Waals surface area contributed by atoms with Crippen LogP contribution in [0.4, 0.5) is 5.69 Å². The second-order valence-corrected chi connectivity index (χ2v) is 8.50. The molecule has 10 heteroatoms. The van der Waals surface area contributed by atoms with Gasteiger partial charge in [-0.25, -0.2) is 4.98 Å². The third kappa shape index (κ3) is 3.96. The zero-order valence-electron chi connectivity index (χ0n) is 17.1. The molecule has 0 radical (unpaired) electrons. The summed E-state index contributed by atoms with van der Waals surface area (Å²) in [4.78, 5) is 44.8. The van der Waals surface area contributed by atoms with Crippen LogP contribution < -0.4 is 0 Å². The number of hydrogen-bond donors (Lipinski definition) is 1. The number of rotatable bonds is 7. The summed E-state index contributed by atoms with van der Waals surface area (Å²) in [7, 11) is 3.68. The number of ketones is 1. The van der Waals surface area contributed by atoms with Gasteiger partial charge in [-0.3, -0.25) is 19.7 Å². The quantitative estimate of drug-likeness (QED) is 0.408. The number of carbonyl (C=O) groups is 2. The Balaban J connectivity index is 2.13. The number of aromatic nitrogens is 1. The summed E-state index contributed by atoms with van der Waals surface area (Å²) in [6.45, 7) is 4.19. The van der Waals surface area contributed by atoms with E-state index in [0.29, 0.717) is 27.7 Å². The van der Waals surface area contributed by atoms with Gasteiger partial charge < -0.3 is 14.9 Å². The highest BCUT2D eigenvalue weighted by Crippen LogP contribution is 2.40. The van der Waals surface area contributed by atoms with Crippen molar-refractivity contribution in [1.29, 1.82) is 0 Å². The summed E-state index contributed by atoms with van der Waals surface area (Å²) in [5, 5.41) is 22.6. The van der Waals surface area contributed by atoms with Crippen LogP contribution in [-0.4, -0.2) is 63.7 Å². The number of thiazole rings is 1. The minimum absolute atomic E-state index is 0.0778. The molecule has 158 valence electrons. The lowest BCUT2D eigenvalue weighted by atomic mass is 9.94. The molecule has 1 aromatic carbocycles. The van der Waals surface area contributed by atoms with Gasteiger partial charge in [0.15, 0.2) is 5.76 Å². The van der Waals surface area contributed by atoms with Crippen LogP contribution in [0.1, 0.15) is 32.0 Å². The van der Waals surface area contributed by atoms with Crippen LogP contribution in [0.25, 0.3) is 0 Å². The lowest BCUT2D eigenvalue weighted by Crippen LogP contribution is -2.36. The fourth-order valence-electron chi connectivity index (χ4n) is 3.44. The Hall–Kier alpha value is -3.11. The Morgan fingerprint density at radius 2 is 2.07 bits per heavy atom. The molecule has 0 bridgehead atoms. The third-order valence-electron chi connectivity index (χ3n) is 4.84. The number of nitro groups is 1. The van der Waals surface area contributed by atoms with E-state index >= 15 is 0 Å². The average Bonchev–Trinajstić information content (AvgIpc) is 3.15. The summed E-state index contributed by atoms with van der Waals surface area (Å²) in [6.07, 6.45) is 0. The number of aliphatic hydroxyl groups excluding tert-OH is 1. The molecule has 1 aromatic heterocycles. The summed E-state index contributed by atoms with van der Waals surface area (Å²) < 4.78 is 0. The highest BCUT2D eigenvalue weighted by molar-refractivity contribution is 7.14. The van der Waals surface area contributed by atoms with Crippen molar-refractivity contribution in [1.82, 2.24) is 14.8 Å². The van der Waals surface area contributed by atoms with Crippen molar-refractivity contribution >= 4 is 28.7 Å². The van der Waals surface area contributed by atoms with E-state index in [9.17, 15) is 24.8 Å². The van der Waals surface area contributed by atoms with Gasteiger partial charge in [0.05, 0.1) is 32.1 Å². The van der Waals surface area contributed by atoms with Crippen LogP contribution in [0, 0.1) is 24.0 Å². The lowest BCUT2D eigenvalue weighted by Gasteiger charge is -2.27. The number of non-ortho nitro benzene ring substituents is 1.